The van der Waals surface area contributed by atoms with E-state index in [0.29, 0.717) is 0 Å². The molecule has 13 nitrogen and oxygen atoms in total. The Morgan fingerprint density at radius 1 is 1.05 bits per heavy atom. The first-order valence-corrected chi connectivity index (χ1v) is 14.3. The van der Waals surface area contributed by atoms with E-state index in [-0.39, 0.29) is 17.0 Å². The topological polar surface area (TPSA) is 198 Å². The standard InChI is InChI=1S/C12H23N.C10H13FN5O7P/c1-3-7-11(8-4-1)13-12-9-5-2-6-10-12;11-10-14-7(12)4-8(15-10)16(2-13-4)9-6(18)5(17)3(23-9)1-22-24(19,20)21/h11-13H,1-10H2;2-3,5-6,9,17-18H,1H2,(H2,12,14,15)(H2,19,20,21)/t;3-,5-,6+,9-/m.1/s1. The third kappa shape index (κ3) is 7.42. The average Bonchev–Trinajstić information content (AvgIpc) is 3.40. The summed E-state index contributed by atoms with van der Waals surface area (Å²) in [6.45, 7) is -0.670. The second-order valence-corrected chi connectivity index (χ2v) is 11.1. The summed E-state index contributed by atoms with van der Waals surface area (Å²) < 4.78 is 34.8. The second-order valence-electron chi connectivity index (χ2n) is 9.87. The lowest BCUT2D eigenvalue weighted by atomic mass is 9.91. The Kier molecular flexibility index (Phi) is 9.46. The van der Waals surface area contributed by atoms with Gasteiger partial charge in [-0.15, -0.1) is 0 Å². The van der Waals surface area contributed by atoms with E-state index in [2.05, 4.69) is 24.8 Å². The number of nitrogens with one attached hydrogen (secondary N) is 1. The Morgan fingerprint density at radius 2 is 1.65 bits per heavy atom. The van der Waals surface area contributed by atoms with Crippen LogP contribution in [0.15, 0.2) is 6.33 Å². The Morgan fingerprint density at radius 3 is 2.22 bits per heavy atom. The normalized spacial score (nSPS) is 27.8. The molecule has 5 rings (SSSR count). The van der Waals surface area contributed by atoms with Gasteiger partial charge in [-0.3, -0.25) is 9.09 Å². The molecule has 3 aliphatic rings. The van der Waals surface area contributed by atoms with Crippen molar-refractivity contribution < 1.29 is 38.2 Å². The van der Waals surface area contributed by atoms with Gasteiger partial charge in [0.15, 0.2) is 23.2 Å². The number of nitrogen functional groups attached to an aromatic ring is 1. The van der Waals surface area contributed by atoms with Crippen LogP contribution in [0.25, 0.3) is 11.2 Å². The lowest BCUT2D eigenvalue weighted by Crippen LogP contribution is -2.40. The second kappa shape index (κ2) is 12.4. The zero-order valence-electron chi connectivity index (χ0n) is 20.5. The van der Waals surface area contributed by atoms with Crippen molar-refractivity contribution in [3.8, 4) is 0 Å². The zero-order valence-corrected chi connectivity index (χ0v) is 21.4. The highest BCUT2D eigenvalue weighted by molar-refractivity contribution is 7.46. The summed E-state index contributed by atoms with van der Waals surface area (Å²) in [6, 6.07) is 1.74. The monoisotopic (exact) mass is 546 g/mol. The maximum absolute atomic E-state index is 13.3. The number of hydrogen-bond donors (Lipinski definition) is 6. The van der Waals surface area contributed by atoms with E-state index < -0.39 is 45.0 Å². The Bertz CT molecular complexity index is 1060. The number of aliphatic hydroxyl groups excluding tert-OH is 2. The molecule has 2 aliphatic carbocycles. The van der Waals surface area contributed by atoms with Gasteiger partial charge in [-0.1, -0.05) is 38.5 Å². The fourth-order valence-corrected chi connectivity index (χ4v) is 5.58. The van der Waals surface area contributed by atoms with Crippen LogP contribution in [0.2, 0.25) is 0 Å². The highest BCUT2D eigenvalue weighted by Crippen LogP contribution is 2.39. The zero-order chi connectivity index (χ0) is 26.6. The van der Waals surface area contributed by atoms with Crippen LogP contribution in [0.1, 0.15) is 70.4 Å². The molecule has 0 unspecified atom stereocenters. The third-order valence-electron chi connectivity index (χ3n) is 7.12. The van der Waals surface area contributed by atoms with Crippen LogP contribution >= 0.6 is 7.82 Å². The van der Waals surface area contributed by atoms with Gasteiger partial charge < -0.3 is 35.8 Å². The van der Waals surface area contributed by atoms with Crippen molar-refractivity contribution in [2.45, 2.75) is 101 Å². The summed E-state index contributed by atoms with van der Waals surface area (Å²) in [4.78, 5) is 28.1. The molecular formula is C22H36FN6O7P. The van der Waals surface area contributed by atoms with Gasteiger partial charge in [-0.2, -0.15) is 14.4 Å². The van der Waals surface area contributed by atoms with Crippen molar-refractivity contribution in [1.82, 2.24) is 24.8 Å². The number of halogens is 1. The lowest BCUT2D eigenvalue weighted by molar-refractivity contribution is -0.0504. The molecule has 1 aliphatic heterocycles. The number of nitrogens with zero attached hydrogens (tertiary/aromatic N) is 4. The van der Waals surface area contributed by atoms with Crippen LogP contribution < -0.4 is 11.1 Å². The van der Waals surface area contributed by atoms with E-state index in [1.165, 1.54) is 64.2 Å². The quantitative estimate of drug-likeness (QED) is 0.226. The van der Waals surface area contributed by atoms with Gasteiger partial charge in [0.05, 0.1) is 12.9 Å². The van der Waals surface area contributed by atoms with Gasteiger partial charge in [0.25, 0.3) is 0 Å². The maximum Gasteiger partial charge on any atom is 0.469 e. The number of ether oxygens (including phenoxy) is 1. The minimum atomic E-state index is -4.78. The number of nitrogens with two attached hydrogens (primary N) is 1. The van der Waals surface area contributed by atoms with Crippen molar-refractivity contribution in [1.29, 1.82) is 0 Å². The van der Waals surface area contributed by atoms with Gasteiger partial charge in [0.2, 0.25) is 0 Å². The smallest absolute Gasteiger partial charge is 0.387 e. The Labute approximate surface area is 213 Å². The van der Waals surface area contributed by atoms with E-state index in [9.17, 15) is 19.2 Å². The summed E-state index contributed by atoms with van der Waals surface area (Å²) in [7, 11) is -4.78. The number of anilines is 1. The molecule has 1 saturated heterocycles. The number of imidazole rings is 1. The van der Waals surface area contributed by atoms with E-state index in [0.717, 1.165) is 23.0 Å². The third-order valence-corrected chi connectivity index (χ3v) is 7.61. The predicted octanol–water partition coefficient (Wildman–Crippen LogP) is 1.52. The number of phosphoric acid groups is 1. The van der Waals surface area contributed by atoms with Gasteiger partial charge in [0, 0.05) is 12.1 Å². The van der Waals surface area contributed by atoms with Crippen molar-refractivity contribution in [3.05, 3.63) is 12.4 Å². The molecule has 208 valence electrons. The molecule has 2 saturated carbocycles. The first kappa shape index (κ1) is 28.2. The van der Waals surface area contributed by atoms with Crippen molar-refractivity contribution in [3.63, 3.8) is 0 Å². The Balaban J connectivity index is 0.000000207. The van der Waals surface area contributed by atoms with Crippen molar-refractivity contribution in [2.75, 3.05) is 12.3 Å². The fourth-order valence-electron chi connectivity index (χ4n) is 5.24. The van der Waals surface area contributed by atoms with Crippen LogP contribution in [0, 0.1) is 6.08 Å². The molecule has 4 atom stereocenters. The molecule has 0 aromatic carbocycles. The van der Waals surface area contributed by atoms with Crippen LogP contribution in [0.5, 0.6) is 0 Å². The highest BCUT2D eigenvalue weighted by Gasteiger charge is 2.45. The molecule has 0 radical (unpaired) electrons. The lowest BCUT2D eigenvalue weighted by Gasteiger charge is -2.30. The van der Waals surface area contributed by atoms with E-state index in [1.807, 2.05) is 0 Å². The van der Waals surface area contributed by atoms with Crippen LogP contribution in [-0.2, 0) is 13.8 Å². The van der Waals surface area contributed by atoms with Crippen LogP contribution in [-0.4, -0.2) is 76.5 Å². The Hall–Kier alpha value is -1.77. The van der Waals surface area contributed by atoms with Crippen LogP contribution in [0.4, 0.5) is 10.2 Å². The van der Waals surface area contributed by atoms with Gasteiger partial charge in [0.1, 0.15) is 18.3 Å². The maximum atomic E-state index is 13.3. The number of aliphatic hydroxyl groups is 2. The number of hydrogen-bond acceptors (Lipinski definition) is 10. The minimum absolute atomic E-state index is 0.0663. The molecule has 37 heavy (non-hydrogen) atoms. The van der Waals surface area contributed by atoms with E-state index in [1.54, 1.807) is 0 Å². The SMILES string of the molecule is C1CCC(NC2CCCCC2)CC1.Nc1nc(F)nc2c1ncn2[C@@H]1O[C@H](COP(=O)(O)O)[C@@H](O)[C@@H]1O. The van der Waals surface area contributed by atoms with Gasteiger partial charge in [-0.25, -0.2) is 9.55 Å². The minimum Gasteiger partial charge on any atom is -0.387 e. The molecule has 15 heteroatoms. The summed E-state index contributed by atoms with van der Waals surface area (Å²) in [5.74, 6) is -0.217. The summed E-state index contributed by atoms with van der Waals surface area (Å²) >= 11 is 0. The highest BCUT2D eigenvalue weighted by atomic mass is 31.2. The van der Waals surface area contributed by atoms with Gasteiger partial charge in [-0.05, 0) is 25.7 Å². The number of rotatable bonds is 6. The molecule has 2 aromatic rings. The number of aromatic nitrogens is 4. The number of fused-ring (bicyclic) bond motifs is 1. The van der Waals surface area contributed by atoms with Crippen molar-refractivity contribution in [2.24, 2.45) is 0 Å². The molecule has 3 heterocycles. The van der Waals surface area contributed by atoms with E-state index >= 15 is 0 Å². The molecule has 3 fully saturated rings. The van der Waals surface area contributed by atoms with E-state index in [4.69, 9.17) is 20.3 Å². The molecule has 2 aromatic heterocycles. The molecule has 0 spiro atoms. The molecular weight excluding hydrogens is 510 g/mol. The largest absolute Gasteiger partial charge is 0.469 e. The van der Waals surface area contributed by atoms with Crippen molar-refractivity contribution >= 4 is 24.8 Å². The predicted molar refractivity (Wildman–Crippen MR) is 130 cm³/mol. The summed E-state index contributed by atoms with van der Waals surface area (Å²) in [5, 5.41) is 23.9. The van der Waals surface area contributed by atoms with Crippen LogP contribution in [0.3, 0.4) is 0 Å². The molecule has 0 bridgehead atoms. The van der Waals surface area contributed by atoms with Gasteiger partial charge >= 0.3 is 13.9 Å². The summed E-state index contributed by atoms with van der Waals surface area (Å²) in [5.41, 5.74) is 5.52. The average molecular weight is 547 g/mol. The molecule has 7 N–H and O–H groups in total. The number of phosphoric ester groups is 1. The first-order chi connectivity index (χ1) is 17.6. The molecule has 0 amide bonds. The summed E-state index contributed by atoms with van der Waals surface area (Å²) in [6.07, 6.45) is 9.10. The fraction of sp³-hybridized carbons (Fsp3) is 0.773. The first-order valence-electron chi connectivity index (χ1n) is 12.8.